The van der Waals surface area contributed by atoms with Crippen molar-refractivity contribution in [3.05, 3.63) is 53.0 Å². The maximum atomic E-state index is 8.91. The number of piperidine rings is 1. The molecule has 0 spiro atoms. The van der Waals surface area contributed by atoms with E-state index in [9.17, 15) is 0 Å². The zero-order valence-electron chi connectivity index (χ0n) is 22.0. The van der Waals surface area contributed by atoms with Gasteiger partial charge in [0, 0.05) is 23.7 Å². The lowest BCUT2D eigenvalue weighted by Gasteiger charge is -2.31. The molecule has 1 aromatic carbocycles. The van der Waals surface area contributed by atoms with Crippen LogP contribution in [0.4, 0.5) is 0 Å². The molecule has 2 aromatic heterocycles. The van der Waals surface area contributed by atoms with Gasteiger partial charge < -0.3 is 14.6 Å². The normalized spacial score (nSPS) is 15.6. The molecule has 2 fully saturated rings. The molecule has 0 radical (unpaired) electrons. The van der Waals surface area contributed by atoms with Crippen LogP contribution in [0.3, 0.4) is 0 Å². The number of nitriles is 1. The molecule has 3 heterocycles. The molecule has 9 heteroatoms. The molecular formula is C28H39Cl2N5O2. The molecule has 1 N–H and O–H groups in total. The molecule has 5 rings (SSSR count). The number of nitrogens with zero attached hydrogens (tertiary/aromatic N) is 4. The first kappa shape index (κ1) is 30.9. The first-order valence-electron chi connectivity index (χ1n) is 12.8. The van der Waals surface area contributed by atoms with Gasteiger partial charge in [0.05, 0.1) is 23.6 Å². The summed E-state index contributed by atoms with van der Waals surface area (Å²) < 4.78 is 11.7. The van der Waals surface area contributed by atoms with Crippen molar-refractivity contribution in [3.63, 3.8) is 0 Å². The van der Waals surface area contributed by atoms with Gasteiger partial charge >= 0.3 is 0 Å². The highest BCUT2D eigenvalue weighted by atomic mass is 35.5. The van der Waals surface area contributed by atoms with E-state index < -0.39 is 0 Å². The van der Waals surface area contributed by atoms with Crippen LogP contribution < -0.4 is 10.1 Å². The molecule has 1 saturated heterocycles. The Labute approximate surface area is 232 Å². The second-order valence-corrected chi connectivity index (χ2v) is 9.86. The summed E-state index contributed by atoms with van der Waals surface area (Å²) in [5.41, 5.74) is 4.66. The van der Waals surface area contributed by atoms with Crippen LogP contribution in [0.5, 0.6) is 5.75 Å². The third kappa shape index (κ3) is 8.58. The van der Waals surface area contributed by atoms with Gasteiger partial charge in [-0.2, -0.15) is 5.26 Å². The summed E-state index contributed by atoms with van der Waals surface area (Å²) >= 11 is 0. The molecule has 0 bridgehead atoms. The molecular weight excluding hydrogens is 509 g/mol. The van der Waals surface area contributed by atoms with Crippen LogP contribution in [0, 0.1) is 30.1 Å². The van der Waals surface area contributed by atoms with Crippen LogP contribution in [0.2, 0.25) is 0 Å². The lowest BCUT2D eigenvalue weighted by molar-refractivity contribution is 0.170. The standard InChI is InChI=1S/C26H30N4O2.C2H7N.2ClH/c1-18-25(31-17-20-2-3-20)9-7-23-24(29-32-26(18)23)8-5-19-10-12-30(13-11-19)16-22-6-4-21(14-27)15-28-22;1-3-2;;/h4,6-7,9,15,19-20H,2-3,5,8,10-13,16-17H2,1H3;3H,1-2H3;2*1H. The van der Waals surface area contributed by atoms with Crippen molar-refractivity contribution in [1.82, 2.24) is 20.4 Å². The van der Waals surface area contributed by atoms with Gasteiger partial charge in [-0.25, -0.2) is 0 Å². The molecule has 1 saturated carbocycles. The highest BCUT2D eigenvalue weighted by molar-refractivity contribution is 5.86. The van der Waals surface area contributed by atoms with Crippen molar-refractivity contribution in [2.45, 2.75) is 52.0 Å². The van der Waals surface area contributed by atoms with Gasteiger partial charge in [-0.15, -0.1) is 24.8 Å². The molecule has 1 aliphatic carbocycles. The summed E-state index contributed by atoms with van der Waals surface area (Å²) in [4.78, 5) is 6.87. The quantitative estimate of drug-likeness (QED) is 0.386. The largest absolute Gasteiger partial charge is 0.493 e. The Hall–Kier alpha value is -2.37. The number of hydrogen-bond acceptors (Lipinski definition) is 7. The summed E-state index contributed by atoms with van der Waals surface area (Å²) in [5, 5.41) is 17.2. The Morgan fingerprint density at radius 2 is 1.81 bits per heavy atom. The SMILES string of the molecule is CNC.Cc1c(OCC2CC2)ccc2c(CCC3CCN(Cc4ccc(C#N)cn4)CC3)noc12.Cl.Cl. The van der Waals surface area contributed by atoms with E-state index in [4.69, 9.17) is 14.5 Å². The molecule has 202 valence electrons. The molecule has 3 aromatic rings. The number of rotatable bonds is 8. The number of halogens is 2. The average molecular weight is 549 g/mol. The summed E-state index contributed by atoms with van der Waals surface area (Å²) in [6.45, 7) is 5.92. The van der Waals surface area contributed by atoms with E-state index in [-0.39, 0.29) is 24.8 Å². The maximum Gasteiger partial charge on any atom is 0.173 e. The molecule has 0 atom stereocenters. The van der Waals surface area contributed by atoms with Gasteiger partial charge in [-0.3, -0.25) is 9.88 Å². The van der Waals surface area contributed by atoms with Gasteiger partial charge in [-0.1, -0.05) is 5.16 Å². The number of likely N-dealkylation sites (tertiary alicyclic amines) is 1. The Kier molecular flexibility index (Phi) is 12.6. The molecule has 7 nitrogen and oxygen atoms in total. The van der Waals surface area contributed by atoms with Gasteiger partial charge in [-0.05, 0) is 109 Å². The minimum absolute atomic E-state index is 0. The monoisotopic (exact) mass is 547 g/mol. The predicted molar refractivity (Wildman–Crippen MR) is 152 cm³/mol. The van der Waals surface area contributed by atoms with Crippen molar-refractivity contribution in [3.8, 4) is 11.8 Å². The summed E-state index contributed by atoms with van der Waals surface area (Å²) in [5.74, 6) is 2.38. The summed E-state index contributed by atoms with van der Waals surface area (Å²) in [7, 11) is 3.75. The number of hydrogen-bond donors (Lipinski definition) is 1. The Balaban J connectivity index is 0.000000919. The Morgan fingerprint density at radius 3 is 2.43 bits per heavy atom. The Bertz CT molecular complexity index is 1130. The van der Waals surface area contributed by atoms with E-state index in [1.807, 2.05) is 26.2 Å². The third-order valence-electron chi connectivity index (χ3n) is 6.92. The van der Waals surface area contributed by atoms with E-state index in [1.54, 1.807) is 6.20 Å². The number of aryl methyl sites for hydroxylation is 2. The van der Waals surface area contributed by atoms with Gasteiger partial charge in [0.25, 0.3) is 0 Å². The molecule has 37 heavy (non-hydrogen) atoms. The molecule has 2 aliphatic rings. The van der Waals surface area contributed by atoms with E-state index in [0.29, 0.717) is 11.5 Å². The molecule has 0 unspecified atom stereocenters. The van der Waals surface area contributed by atoms with Crippen molar-refractivity contribution in [2.24, 2.45) is 11.8 Å². The number of fused-ring (bicyclic) bond motifs is 1. The van der Waals surface area contributed by atoms with Crippen LogP contribution in [-0.2, 0) is 13.0 Å². The highest BCUT2D eigenvalue weighted by Gasteiger charge is 2.23. The van der Waals surface area contributed by atoms with Crippen LogP contribution in [0.25, 0.3) is 11.0 Å². The zero-order valence-corrected chi connectivity index (χ0v) is 23.7. The number of ether oxygens (including phenoxy) is 1. The highest BCUT2D eigenvalue weighted by Crippen LogP contribution is 2.34. The number of pyridine rings is 1. The van der Waals surface area contributed by atoms with Crippen molar-refractivity contribution < 1.29 is 9.26 Å². The minimum atomic E-state index is 0. The van der Waals surface area contributed by atoms with Gasteiger partial charge in [0.15, 0.2) is 5.58 Å². The summed E-state index contributed by atoms with van der Waals surface area (Å²) in [6, 6.07) is 10.1. The maximum absolute atomic E-state index is 8.91. The predicted octanol–water partition coefficient (Wildman–Crippen LogP) is 5.72. The summed E-state index contributed by atoms with van der Waals surface area (Å²) in [6.07, 6.45) is 8.74. The van der Waals surface area contributed by atoms with Gasteiger partial charge in [0.2, 0.25) is 0 Å². The number of aromatic nitrogens is 2. The van der Waals surface area contributed by atoms with Crippen LogP contribution >= 0.6 is 24.8 Å². The van der Waals surface area contributed by atoms with E-state index in [2.05, 4.69) is 45.5 Å². The van der Waals surface area contributed by atoms with Crippen molar-refractivity contribution in [1.29, 1.82) is 5.26 Å². The minimum Gasteiger partial charge on any atom is -0.493 e. The molecule has 1 aliphatic heterocycles. The lowest BCUT2D eigenvalue weighted by atomic mass is 9.91. The second kappa shape index (κ2) is 15.1. The fraction of sp³-hybridized carbons (Fsp3) is 0.536. The Morgan fingerprint density at radius 1 is 1.08 bits per heavy atom. The van der Waals surface area contributed by atoms with E-state index in [0.717, 1.165) is 78.7 Å². The lowest BCUT2D eigenvalue weighted by Crippen LogP contribution is -2.33. The van der Waals surface area contributed by atoms with E-state index >= 15 is 0 Å². The number of benzene rings is 1. The fourth-order valence-corrected chi connectivity index (χ4v) is 4.58. The van der Waals surface area contributed by atoms with Crippen molar-refractivity contribution in [2.75, 3.05) is 33.8 Å². The van der Waals surface area contributed by atoms with Crippen LogP contribution in [0.15, 0.2) is 35.0 Å². The smallest absolute Gasteiger partial charge is 0.173 e. The third-order valence-corrected chi connectivity index (χ3v) is 6.92. The second-order valence-electron chi connectivity index (χ2n) is 9.86. The zero-order chi connectivity index (χ0) is 24.6. The topological polar surface area (TPSA) is 87.2 Å². The van der Waals surface area contributed by atoms with Crippen LogP contribution in [-0.4, -0.2) is 48.8 Å². The van der Waals surface area contributed by atoms with Crippen molar-refractivity contribution >= 4 is 35.8 Å². The first-order valence-corrected chi connectivity index (χ1v) is 12.8. The fourth-order valence-electron chi connectivity index (χ4n) is 4.58. The average Bonchev–Trinajstić information content (AvgIpc) is 3.62. The van der Waals surface area contributed by atoms with E-state index in [1.165, 1.54) is 25.7 Å². The molecule has 0 amide bonds. The van der Waals surface area contributed by atoms with Crippen LogP contribution in [0.1, 0.15) is 54.6 Å². The first-order chi connectivity index (χ1) is 17.1. The van der Waals surface area contributed by atoms with Gasteiger partial charge in [0.1, 0.15) is 11.8 Å². The number of nitrogens with one attached hydrogen (secondary N) is 1.